The monoisotopic (exact) mass is 259 g/mol. The molecule has 0 saturated carbocycles. The molecule has 3 nitrogen and oxygen atoms in total. The van der Waals surface area contributed by atoms with Crippen LogP contribution in [0.5, 0.6) is 0 Å². The minimum Gasteiger partial charge on any atom is -0.263 e. The average Bonchev–Trinajstić information content (AvgIpc) is 2.40. The molecule has 1 aromatic carbocycles. The Labute approximate surface area is 110 Å². The number of benzene rings is 1. The maximum absolute atomic E-state index is 11.3. The van der Waals surface area contributed by atoms with E-state index >= 15 is 0 Å². The van der Waals surface area contributed by atoms with Crippen molar-refractivity contribution < 1.29 is 4.92 Å². The molecule has 0 aliphatic heterocycles. The Bertz CT molecular complexity index is 510. The fraction of sp³-hybridized carbons (Fsp3) is 0.143. The predicted molar refractivity (Wildman–Crippen MR) is 74.3 cm³/mol. The van der Waals surface area contributed by atoms with Crippen LogP contribution in [-0.2, 0) is 0 Å². The van der Waals surface area contributed by atoms with Crippen molar-refractivity contribution in [3.8, 4) is 0 Å². The Hall–Kier alpha value is -1.81. The smallest absolute Gasteiger partial charge is 0.263 e. The molecule has 0 radical (unpaired) electrons. The van der Waals surface area contributed by atoms with Crippen molar-refractivity contribution in [1.29, 1.82) is 0 Å². The van der Waals surface area contributed by atoms with Gasteiger partial charge in [0.1, 0.15) is 5.25 Å². The Morgan fingerprint density at radius 2 is 2.06 bits per heavy atom. The summed E-state index contributed by atoms with van der Waals surface area (Å²) in [5.41, 5.74) is -1.23. The van der Waals surface area contributed by atoms with Crippen LogP contribution in [0.15, 0.2) is 72.2 Å². The molecule has 2 unspecified atom stereocenters. The quantitative estimate of drug-likeness (QED) is 0.472. The fourth-order valence-corrected chi connectivity index (χ4v) is 3.05. The van der Waals surface area contributed by atoms with Crippen LogP contribution in [0.2, 0.25) is 0 Å². The van der Waals surface area contributed by atoms with E-state index in [9.17, 15) is 10.1 Å². The lowest BCUT2D eigenvalue weighted by Gasteiger charge is -2.27. The first-order valence-corrected chi connectivity index (χ1v) is 6.43. The molecule has 4 heteroatoms. The summed E-state index contributed by atoms with van der Waals surface area (Å²) in [6.07, 6.45) is 8.40. The van der Waals surface area contributed by atoms with Gasteiger partial charge in [-0.1, -0.05) is 43.0 Å². The lowest BCUT2D eigenvalue weighted by molar-refractivity contribution is -0.538. The minimum absolute atomic E-state index is 0.277. The van der Waals surface area contributed by atoms with Crippen molar-refractivity contribution in [2.75, 3.05) is 0 Å². The number of thioether (sulfide) groups is 1. The highest BCUT2D eigenvalue weighted by Crippen LogP contribution is 2.36. The maximum Gasteiger partial charge on any atom is 0.273 e. The van der Waals surface area contributed by atoms with Crippen molar-refractivity contribution in [3.63, 3.8) is 0 Å². The third-order valence-corrected chi connectivity index (χ3v) is 4.20. The molecule has 0 amide bonds. The molecule has 0 bridgehead atoms. The van der Waals surface area contributed by atoms with Crippen molar-refractivity contribution in [1.82, 2.24) is 0 Å². The minimum atomic E-state index is -1.23. The number of hydrogen-bond acceptors (Lipinski definition) is 3. The molecule has 0 saturated heterocycles. The summed E-state index contributed by atoms with van der Waals surface area (Å²) in [6, 6.07) is 9.67. The van der Waals surface area contributed by atoms with E-state index in [0.717, 1.165) is 4.90 Å². The van der Waals surface area contributed by atoms with E-state index in [-0.39, 0.29) is 10.2 Å². The Morgan fingerprint density at radius 1 is 1.33 bits per heavy atom. The van der Waals surface area contributed by atoms with Gasteiger partial charge in [-0.25, -0.2) is 0 Å². The normalized spacial score (nSPS) is 25.9. The van der Waals surface area contributed by atoms with Crippen molar-refractivity contribution in [2.45, 2.75) is 15.7 Å². The van der Waals surface area contributed by atoms with Gasteiger partial charge in [-0.3, -0.25) is 10.1 Å². The first kappa shape index (κ1) is 12.6. The topological polar surface area (TPSA) is 43.1 Å². The van der Waals surface area contributed by atoms with Crippen LogP contribution >= 0.6 is 11.8 Å². The van der Waals surface area contributed by atoms with Crippen LogP contribution < -0.4 is 0 Å². The van der Waals surface area contributed by atoms with Gasteiger partial charge in [-0.2, -0.15) is 0 Å². The van der Waals surface area contributed by atoms with Crippen LogP contribution in [0.4, 0.5) is 0 Å². The summed E-state index contributed by atoms with van der Waals surface area (Å²) in [7, 11) is 0. The van der Waals surface area contributed by atoms with Gasteiger partial charge in [0.15, 0.2) is 0 Å². The van der Waals surface area contributed by atoms with Crippen molar-refractivity contribution in [2.24, 2.45) is 0 Å². The van der Waals surface area contributed by atoms with Gasteiger partial charge in [-0.15, -0.1) is 11.8 Å². The average molecular weight is 259 g/mol. The Balaban J connectivity index is 2.30. The molecule has 0 N–H and O–H groups in total. The van der Waals surface area contributed by atoms with Crippen molar-refractivity contribution in [3.05, 3.63) is 77.4 Å². The summed E-state index contributed by atoms with van der Waals surface area (Å²) >= 11 is 1.47. The molecule has 2 atom stereocenters. The molecule has 18 heavy (non-hydrogen) atoms. The SMILES string of the molecule is C=CC1([N+](=O)[O-])C=CC=CC1Sc1ccccc1. The molecular weight excluding hydrogens is 246 g/mol. The highest BCUT2D eigenvalue weighted by atomic mass is 32.2. The highest BCUT2D eigenvalue weighted by molar-refractivity contribution is 8.00. The third-order valence-electron chi connectivity index (χ3n) is 2.87. The number of rotatable bonds is 4. The second-order valence-electron chi connectivity index (χ2n) is 3.94. The lowest BCUT2D eigenvalue weighted by atomic mass is 9.92. The molecule has 0 spiro atoms. The van der Waals surface area contributed by atoms with E-state index < -0.39 is 5.54 Å². The molecule has 1 aromatic rings. The Kier molecular flexibility index (Phi) is 3.67. The molecule has 0 heterocycles. The van der Waals surface area contributed by atoms with Gasteiger partial charge < -0.3 is 0 Å². The zero-order valence-corrected chi connectivity index (χ0v) is 10.5. The summed E-state index contributed by atoms with van der Waals surface area (Å²) in [4.78, 5) is 12.1. The molecule has 1 aliphatic rings. The lowest BCUT2D eigenvalue weighted by Crippen LogP contribution is -2.44. The van der Waals surface area contributed by atoms with E-state index in [4.69, 9.17) is 0 Å². The molecular formula is C14H13NO2S. The number of allylic oxidation sites excluding steroid dienone is 2. The second kappa shape index (κ2) is 5.23. The fourth-order valence-electron chi connectivity index (χ4n) is 1.83. The molecule has 0 fully saturated rings. The summed E-state index contributed by atoms with van der Waals surface area (Å²) in [5, 5.41) is 11.1. The van der Waals surface area contributed by atoms with Crippen molar-refractivity contribution >= 4 is 11.8 Å². The van der Waals surface area contributed by atoms with Crippen LogP contribution in [0.3, 0.4) is 0 Å². The Morgan fingerprint density at radius 3 is 2.67 bits per heavy atom. The number of nitrogens with zero attached hydrogens (tertiary/aromatic N) is 1. The van der Waals surface area contributed by atoms with Gasteiger partial charge in [0.25, 0.3) is 5.54 Å². The van der Waals surface area contributed by atoms with E-state index in [2.05, 4.69) is 6.58 Å². The van der Waals surface area contributed by atoms with E-state index in [1.165, 1.54) is 17.8 Å². The van der Waals surface area contributed by atoms with Gasteiger partial charge in [0.05, 0.1) is 0 Å². The van der Waals surface area contributed by atoms with E-state index in [1.807, 2.05) is 42.5 Å². The van der Waals surface area contributed by atoms with Crippen LogP contribution in [0.25, 0.3) is 0 Å². The molecule has 92 valence electrons. The number of hydrogen-bond donors (Lipinski definition) is 0. The van der Waals surface area contributed by atoms with E-state index in [1.54, 1.807) is 12.2 Å². The van der Waals surface area contributed by atoms with Crippen LogP contribution in [-0.4, -0.2) is 15.7 Å². The first-order chi connectivity index (χ1) is 8.69. The molecule has 2 rings (SSSR count). The number of nitro groups is 1. The predicted octanol–water partition coefficient (Wildman–Crippen LogP) is 3.47. The zero-order chi connectivity index (χ0) is 13.0. The van der Waals surface area contributed by atoms with Gasteiger partial charge in [-0.05, 0) is 24.3 Å². The highest BCUT2D eigenvalue weighted by Gasteiger charge is 2.45. The maximum atomic E-state index is 11.3. The van der Waals surface area contributed by atoms with E-state index in [0.29, 0.717) is 0 Å². The second-order valence-corrected chi connectivity index (χ2v) is 5.16. The van der Waals surface area contributed by atoms with Gasteiger partial charge >= 0.3 is 0 Å². The summed E-state index contributed by atoms with van der Waals surface area (Å²) in [5.74, 6) is 0. The molecule has 0 aromatic heterocycles. The van der Waals surface area contributed by atoms with Crippen LogP contribution in [0, 0.1) is 10.1 Å². The largest absolute Gasteiger partial charge is 0.273 e. The summed E-state index contributed by atoms with van der Waals surface area (Å²) in [6.45, 7) is 3.63. The molecule has 1 aliphatic carbocycles. The zero-order valence-electron chi connectivity index (χ0n) is 9.73. The summed E-state index contributed by atoms with van der Waals surface area (Å²) < 4.78 is 0. The van der Waals surface area contributed by atoms with Gasteiger partial charge in [0, 0.05) is 9.82 Å². The third kappa shape index (κ3) is 2.24. The van der Waals surface area contributed by atoms with Crippen LogP contribution in [0.1, 0.15) is 0 Å². The van der Waals surface area contributed by atoms with Gasteiger partial charge in [0.2, 0.25) is 0 Å². The first-order valence-electron chi connectivity index (χ1n) is 5.55. The standard InChI is InChI=1S/C14H13NO2S/c1-2-14(15(16)17)11-7-6-10-13(14)18-12-8-4-3-5-9-12/h2-11,13H,1H2.